The summed E-state index contributed by atoms with van der Waals surface area (Å²) in [6, 6.07) is 10.5. The van der Waals surface area contributed by atoms with Crippen molar-refractivity contribution in [3.63, 3.8) is 0 Å². The molecule has 1 aliphatic heterocycles. The van der Waals surface area contributed by atoms with Crippen molar-refractivity contribution in [3.05, 3.63) is 74.8 Å². The van der Waals surface area contributed by atoms with Gasteiger partial charge >= 0.3 is 0 Å². The van der Waals surface area contributed by atoms with Crippen LogP contribution in [0.15, 0.2) is 41.2 Å². The molecule has 2 heterocycles. The molecule has 0 bridgehead atoms. The van der Waals surface area contributed by atoms with Gasteiger partial charge in [0.05, 0.1) is 16.9 Å². The van der Waals surface area contributed by atoms with E-state index in [0.717, 1.165) is 23.1 Å². The first kappa shape index (κ1) is 16.3. The maximum atomic E-state index is 12.8. The number of rotatable bonds is 2. The van der Waals surface area contributed by atoms with E-state index in [4.69, 9.17) is 0 Å². The fourth-order valence-electron chi connectivity index (χ4n) is 3.38. The second-order valence-corrected chi connectivity index (χ2v) is 6.69. The van der Waals surface area contributed by atoms with Crippen molar-refractivity contribution in [2.45, 2.75) is 26.8 Å². The van der Waals surface area contributed by atoms with Gasteiger partial charge in [-0.2, -0.15) is 0 Å². The van der Waals surface area contributed by atoms with Gasteiger partial charge in [-0.15, -0.1) is 0 Å². The summed E-state index contributed by atoms with van der Waals surface area (Å²) in [5.41, 5.74) is 4.68. The highest BCUT2D eigenvalue weighted by molar-refractivity contribution is 5.92. The molecule has 1 aromatic heterocycles. The molecule has 26 heavy (non-hydrogen) atoms. The Bertz CT molecular complexity index is 1160. The SMILES string of the molecule is Cc1ccc(C)c(/C=C2\CCn3c2nc2cc(C(=O)[O-])ccc2c3=O)c1. The molecule has 0 atom stereocenters. The molecule has 130 valence electrons. The highest BCUT2D eigenvalue weighted by Crippen LogP contribution is 2.28. The first-order chi connectivity index (χ1) is 12.4. The molecule has 4 rings (SSSR count). The second kappa shape index (κ2) is 5.95. The molecule has 5 heteroatoms. The van der Waals surface area contributed by atoms with Gasteiger partial charge in [-0.1, -0.05) is 29.8 Å². The monoisotopic (exact) mass is 345 g/mol. The lowest BCUT2D eigenvalue weighted by molar-refractivity contribution is -0.255. The molecule has 0 N–H and O–H groups in total. The third-order valence-electron chi connectivity index (χ3n) is 4.85. The summed E-state index contributed by atoms with van der Waals surface area (Å²) in [5.74, 6) is -0.667. The summed E-state index contributed by atoms with van der Waals surface area (Å²) >= 11 is 0. The normalized spacial score (nSPS) is 14.8. The lowest BCUT2D eigenvalue weighted by Gasteiger charge is -2.08. The van der Waals surface area contributed by atoms with E-state index in [0.29, 0.717) is 23.3 Å². The Morgan fingerprint density at radius 2 is 2.00 bits per heavy atom. The minimum atomic E-state index is -1.28. The van der Waals surface area contributed by atoms with E-state index in [1.54, 1.807) is 4.57 Å². The van der Waals surface area contributed by atoms with Gasteiger partial charge in [-0.05, 0) is 60.7 Å². The van der Waals surface area contributed by atoms with Crippen molar-refractivity contribution >= 4 is 28.5 Å². The Kier molecular flexibility index (Phi) is 3.72. The number of carbonyl (C=O) groups excluding carboxylic acids is 1. The van der Waals surface area contributed by atoms with E-state index < -0.39 is 5.97 Å². The van der Waals surface area contributed by atoms with Crippen LogP contribution in [0.2, 0.25) is 0 Å². The quantitative estimate of drug-likeness (QED) is 0.714. The van der Waals surface area contributed by atoms with Crippen molar-refractivity contribution in [2.24, 2.45) is 0 Å². The van der Waals surface area contributed by atoms with Crippen LogP contribution in [0.5, 0.6) is 0 Å². The number of benzene rings is 2. The van der Waals surface area contributed by atoms with Crippen LogP contribution >= 0.6 is 0 Å². The molecular formula is C21H17N2O3-. The zero-order valence-electron chi connectivity index (χ0n) is 14.6. The van der Waals surface area contributed by atoms with E-state index in [-0.39, 0.29) is 11.1 Å². The second-order valence-electron chi connectivity index (χ2n) is 6.69. The van der Waals surface area contributed by atoms with Crippen LogP contribution in [0.3, 0.4) is 0 Å². The number of hydrogen-bond donors (Lipinski definition) is 0. The predicted molar refractivity (Wildman–Crippen MR) is 98.7 cm³/mol. The fourth-order valence-corrected chi connectivity index (χ4v) is 3.38. The molecular weight excluding hydrogens is 328 g/mol. The highest BCUT2D eigenvalue weighted by atomic mass is 16.4. The van der Waals surface area contributed by atoms with Gasteiger partial charge in [0.15, 0.2) is 0 Å². The minimum absolute atomic E-state index is 0.0207. The Hall–Kier alpha value is -3.21. The number of carboxylic acids is 1. The summed E-state index contributed by atoms with van der Waals surface area (Å²) in [6.07, 6.45) is 2.79. The van der Waals surface area contributed by atoms with Gasteiger partial charge in [0, 0.05) is 6.54 Å². The first-order valence-corrected chi connectivity index (χ1v) is 8.48. The summed E-state index contributed by atoms with van der Waals surface area (Å²) in [5, 5.41) is 11.5. The number of carbonyl (C=O) groups is 1. The number of aryl methyl sites for hydroxylation is 2. The van der Waals surface area contributed by atoms with E-state index >= 15 is 0 Å². The number of hydrogen-bond acceptors (Lipinski definition) is 4. The van der Waals surface area contributed by atoms with Gasteiger partial charge < -0.3 is 9.90 Å². The summed E-state index contributed by atoms with van der Waals surface area (Å²) < 4.78 is 1.66. The smallest absolute Gasteiger partial charge is 0.261 e. The lowest BCUT2D eigenvalue weighted by Crippen LogP contribution is -2.23. The van der Waals surface area contributed by atoms with Gasteiger partial charge in [-0.25, -0.2) is 4.98 Å². The molecule has 0 radical (unpaired) electrons. The number of aromatic nitrogens is 2. The fraction of sp³-hybridized carbons (Fsp3) is 0.190. The van der Waals surface area contributed by atoms with Crippen LogP contribution in [-0.4, -0.2) is 15.5 Å². The highest BCUT2D eigenvalue weighted by Gasteiger charge is 2.21. The maximum absolute atomic E-state index is 12.8. The zero-order chi connectivity index (χ0) is 18.4. The van der Waals surface area contributed by atoms with Gasteiger partial charge in [0.1, 0.15) is 5.82 Å². The molecule has 3 aromatic rings. The van der Waals surface area contributed by atoms with Crippen LogP contribution in [0.4, 0.5) is 0 Å². The molecule has 1 aliphatic rings. The standard InChI is InChI=1S/C21H18N2O3/c1-12-3-4-13(2)16(9-12)10-14-7-8-23-19(14)22-18-11-15(21(25)26)5-6-17(18)20(23)24/h3-6,9-11H,7-8H2,1-2H3,(H,25,26)/p-1/b14-10+. The molecule has 0 fully saturated rings. The van der Waals surface area contributed by atoms with Crippen LogP contribution in [0.25, 0.3) is 22.6 Å². The predicted octanol–water partition coefficient (Wildman–Crippen LogP) is 2.32. The van der Waals surface area contributed by atoms with Gasteiger partial charge in [-0.3, -0.25) is 9.36 Å². The third kappa shape index (κ3) is 2.62. The largest absolute Gasteiger partial charge is 0.545 e. The molecule has 0 saturated heterocycles. The Labute approximate surface area is 150 Å². The Balaban J connectivity index is 1.91. The molecule has 0 saturated carbocycles. The summed E-state index contributed by atoms with van der Waals surface area (Å²) in [4.78, 5) is 28.5. The van der Waals surface area contributed by atoms with Crippen LogP contribution in [0.1, 0.15) is 39.3 Å². The van der Waals surface area contributed by atoms with Crippen LogP contribution in [-0.2, 0) is 6.54 Å². The van der Waals surface area contributed by atoms with E-state index in [1.807, 2.05) is 13.8 Å². The number of nitrogens with zero attached hydrogens (tertiary/aromatic N) is 2. The number of carboxylic acid groups (broad SMARTS) is 1. The van der Waals surface area contributed by atoms with Crippen molar-refractivity contribution in [3.8, 4) is 0 Å². The van der Waals surface area contributed by atoms with Crippen molar-refractivity contribution in [1.29, 1.82) is 0 Å². The van der Waals surface area contributed by atoms with Crippen LogP contribution < -0.4 is 10.7 Å². The molecule has 0 spiro atoms. The summed E-state index contributed by atoms with van der Waals surface area (Å²) in [7, 11) is 0. The number of allylic oxidation sites excluding steroid dienone is 1. The molecule has 0 amide bonds. The Morgan fingerprint density at radius 1 is 1.19 bits per heavy atom. The topological polar surface area (TPSA) is 75.0 Å². The van der Waals surface area contributed by atoms with E-state index in [2.05, 4.69) is 29.3 Å². The average molecular weight is 345 g/mol. The minimum Gasteiger partial charge on any atom is -0.545 e. The zero-order valence-corrected chi connectivity index (χ0v) is 14.6. The van der Waals surface area contributed by atoms with Crippen LogP contribution in [0, 0.1) is 13.8 Å². The lowest BCUT2D eigenvalue weighted by atomic mass is 10.0. The number of fused-ring (bicyclic) bond motifs is 2. The van der Waals surface area contributed by atoms with Gasteiger partial charge in [0.2, 0.25) is 0 Å². The number of aromatic carboxylic acids is 1. The molecule has 0 unspecified atom stereocenters. The van der Waals surface area contributed by atoms with E-state index in [1.165, 1.54) is 23.8 Å². The van der Waals surface area contributed by atoms with Crippen molar-refractivity contribution < 1.29 is 9.90 Å². The molecule has 0 aliphatic carbocycles. The Morgan fingerprint density at radius 3 is 2.77 bits per heavy atom. The van der Waals surface area contributed by atoms with Crippen molar-refractivity contribution in [2.75, 3.05) is 0 Å². The summed E-state index contributed by atoms with van der Waals surface area (Å²) in [6.45, 7) is 4.67. The average Bonchev–Trinajstić information content (AvgIpc) is 3.01. The van der Waals surface area contributed by atoms with Gasteiger partial charge in [0.25, 0.3) is 5.56 Å². The first-order valence-electron chi connectivity index (χ1n) is 8.48. The maximum Gasteiger partial charge on any atom is 0.261 e. The third-order valence-corrected chi connectivity index (χ3v) is 4.85. The molecule has 5 nitrogen and oxygen atoms in total. The van der Waals surface area contributed by atoms with Crippen molar-refractivity contribution in [1.82, 2.24) is 9.55 Å². The molecule has 2 aromatic carbocycles. The van der Waals surface area contributed by atoms with E-state index in [9.17, 15) is 14.7 Å².